The van der Waals surface area contributed by atoms with Gasteiger partial charge in [-0.05, 0) is 48.5 Å². The molecule has 10 nitrogen and oxygen atoms in total. The van der Waals surface area contributed by atoms with Gasteiger partial charge in [-0.2, -0.15) is 4.31 Å². The van der Waals surface area contributed by atoms with Gasteiger partial charge in [0.25, 0.3) is 27.7 Å². The van der Waals surface area contributed by atoms with Crippen LogP contribution in [0.1, 0.15) is 33.6 Å². The Morgan fingerprint density at radius 1 is 0.714 bits per heavy atom. The van der Waals surface area contributed by atoms with Crippen LogP contribution in [0.15, 0.2) is 108 Å². The topological polar surface area (TPSA) is 131 Å². The SMILES string of the molecule is O=C(ON1C(=O)CCC1=O)c1ccc(S(=O)(=O)N(C(=O)c2c3ccccc3nc3ccccc23)c2ccccc2)cc1. The van der Waals surface area contributed by atoms with E-state index in [1.54, 1.807) is 66.7 Å². The second-order valence-corrected chi connectivity index (χ2v) is 11.2. The maximum Gasteiger partial charge on any atom is 0.363 e. The third kappa shape index (κ3) is 4.65. The van der Waals surface area contributed by atoms with Gasteiger partial charge in [0.2, 0.25) is 0 Å². The van der Waals surface area contributed by atoms with E-state index in [0.29, 0.717) is 26.9 Å². The molecule has 0 atom stereocenters. The first-order valence-corrected chi connectivity index (χ1v) is 14.3. The van der Waals surface area contributed by atoms with Crippen LogP contribution in [-0.4, -0.2) is 42.2 Å². The van der Waals surface area contributed by atoms with Crippen LogP contribution in [0, 0.1) is 0 Å². The van der Waals surface area contributed by atoms with Crippen molar-refractivity contribution in [1.29, 1.82) is 0 Å². The molecule has 11 heteroatoms. The zero-order chi connectivity index (χ0) is 29.4. The number of rotatable bonds is 6. The van der Waals surface area contributed by atoms with E-state index in [4.69, 9.17) is 4.84 Å². The molecule has 0 N–H and O–H groups in total. The van der Waals surface area contributed by atoms with Crippen LogP contribution in [-0.2, 0) is 24.4 Å². The van der Waals surface area contributed by atoms with Crippen molar-refractivity contribution in [3.63, 3.8) is 0 Å². The zero-order valence-electron chi connectivity index (χ0n) is 21.8. The second-order valence-electron chi connectivity index (χ2n) is 9.42. The van der Waals surface area contributed by atoms with Crippen LogP contribution in [0.25, 0.3) is 21.8 Å². The molecular formula is C31H21N3O7S. The minimum atomic E-state index is -4.53. The normalized spacial score (nSPS) is 13.5. The Hall–Kier alpha value is -5.42. The van der Waals surface area contributed by atoms with Gasteiger partial charge in [-0.25, -0.2) is 18.2 Å². The van der Waals surface area contributed by atoms with Crippen molar-refractivity contribution in [2.24, 2.45) is 0 Å². The smallest absolute Gasteiger partial charge is 0.325 e. The average molecular weight is 580 g/mol. The third-order valence-corrected chi connectivity index (χ3v) is 8.51. The predicted molar refractivity (Wildman–Crippen MR) is 153 cm³/mol. The Balaban J connectivity index is 1.43. The van der Waals surface area contributed by atoms with E-state index in [-0.39, 0.29) is 34.6 Å². The molecular weight excluding hydrogens is 558 g/mol. The summed E-state index contributed by atoms with van der Waals surface area (Å²) in [6.45, 7) is 0. The molecule has 2 heterocycles. The van der Waals surface area contributed by atoms with E-state index >= 15 is 0 Å². The van der Waals surface area contributed by atoms with Gasteiger partial charge < -0.3 is 4.84 Å². The number of carbonyl (C=O) groups excluding carboxylic acids is 4. The minimum absolute atomic E-state index is 0.0608. The standard InChI is InChI=1S/C31H21N3O7S/c35-27-18-19-28(36)33(27)41-31(38)20-14-16-22(17-15-20)42(39,40)34(21-8-2-1-3-9-21)30(37)29-23-10-4-6-12-25(23)32-26-13-7-5-11-24(26)29/h1-17H,18-19H2. The molecule has 0 aliphatic carbocycles. The highest BCUT2D eigenvalue weighted by molar-refractivity contribution is 7.93. The average Bonchev–Trinajstić information content (AvgIpc) is 3.32. The number of imide groups is 1. The molecule has 0 unspecified atom stereocenters. The summed E-state index contributed by atoms with van der Waals surface area (Å²) in [6, 6.07) is 26.6. The van der Waals surface area contributed by atoms with Crippen LogP contribution in [0.5, 0.6) is 0 Å². The quantitative estimate of drug-likeness (QED) is 0.210. The maximum atomic E-state index is 14.4. The van der Waals surface area contributed by atoms with Crippen molar-refractivity contribution < 1.29 is 32.4 Å². The molecule has 1 aliphatic heterocycles. The maximum absolute atomic E-state index is 14.4. The summed E-state index contributed by atoms with van der Waals surface area (Å²) in [5.41, 5.74) is 1.25. The van der Waals surface area contributed by atoms with Crippen LogP contribution in [0.2, 0.25) is 0 Å². The molecule has 0 bridgehead atoms. The summed E-state index contributed by atoms with van der Waals surface area (Å²) < 4.78 is 29.0. The Morgan fingerprint density at radius 2 is 1.24 bits per heavy atom. The molecule has 6 rings (SSSR count). The highest BCUT2D eigenvalue weighted by Crippen LogP contribution is 2.32. The van der Waals surface area contributed by atoms with Crippen molar-refractivity contribution in [2.75, 3.05) is 4.31 Å². The van der Waals surface area contributed by atoms with Gasteiger partial charge in [0.15, 0.2) is 0 Å². The largest absolute Gasteiger partial charge is 0.363 e. The minimum Gasteiger partial charge on any atom is -0.325 e. The van der Waals surface area contributed by atoms with Crippen molar-refractivity contribution in [1.82, 2.24) is 10.0 Å². The van der Waals surface area contributed by atoms with E-state index in [1.165, 1.54) is 24.3 Å². The number of amides is 3. The Morgan fingerprint density at radius 3 is 1.81 bits per heavy atom. The summed E-state index contributed by atoms with van der Waals surface area (Å²) in [6.07, 6.45) is -0.122. The number of carbonyl (C=O) groups is 4. The Bertz CT molecular complexity index is 1940. The number of hydrogen-bond donors (Lipinski definition) is 0. The molecule has 1 saturated heterocycles. The van der Waals surface area contributed by atoms with E-state index in [0.717, 1.165) is 16.4 Å². The third-order valence-electron chi connectivity index (χ3n) is 6.78. The molecule has 42 heavy (non-hydrogen) atoms. The van der Waals surface area contributed by atoms with Gasteiger partial charge >= 0.3 is 5.97 Å². The Labute approximate surface area is 239 Å². The number of hydrogen-bond acceptors (Lipinski definition) is 8. The van der Waals surface area contributed by atoms with Gasteiger partial charge in [0.05, 0.1) is 32.7 Å². The number of hydroxylamine groups is 2. The second kappa shape index (κ2) is 10.5. The fourth-order valence-corrected chi connectivity index (χ4v) is 6.16. The first-order chi connectivity index (χ1) is 20.3. The molecule has 4 aromatic carbocycles. The number of anilines is 1. The number of para-hydroxylation sites is 3. The van der Waals surface area contributed by atoms with Crippen LogP contribution >= 0.6 is 0 Å². The number of aromatic nitrogens is 1. The number of nitrogens with zero attached hydrogens (tertiary/aromatic N) is 3. The van der Waals surface area contributed by atoms with Gasteiger partial charge in [-0.1, -0.05) is 54.6 Å². The molecule has 0 spiro atoms. The fraction of sp³-hybridized carbons (Fsp3) is 0.0645. The molecule has 0 saturated carbocycles. The van der Waals surface area contributed by atoms with Crippen molar-refractivity contribution in [2.45, 2.75) is 17.7 Å². The molecule has 1 aromatic heterocycles. The summed E-state index contributed by atoms with van der Waals surface area (Å²) in [5.74, 6) is -3.07. The molecule has 5 aromatic rings. The zero-order valence-corrected chi connectivity index (χ0v) is 22.7. The monoisotopic (exact) mass is 579 g/mol. The summed E-state index contributed by atoms with van der Waals surface area (Å²) in [5, 5.41) is 1.38. The van der Waals surface area contributed by atoms with E-state index < -0.39 is 33.7 Å². The molecule has 1 fully saturated rings. The predicted octanol–water partition coefficient (Wildman–Crippen LogP) is 4.64. The van der Waals surface area contributed by atoms with E-state index in [1.807, 2.05) is 0 Å². The first kappa shape index (κ1) is 26.8. The molecule has 1 aliphatic rings. The first-order valence-electron chi connectivity index (χ1n) is 12.9. The number of pyridine rings is 1. The van der Waals surface area contributed by atoms with Gasteiger partial charge in [-0.3, -0.25) is 14.4 Å². The van der Waals surface area contributed by atoms with Gasteiger partial charge in [0, 0.05) is 23.6 Å². The van der Waals surface area contributed by atoms with Crippen molar-refractivity contribution in [3.05, 3.63) is 114 Å². The molecule has 0 radical (unpaired) electrons. The van der Waals surface area contributed by atoms with Crippen LogP contribution in [0.3, 0.4) is 0 Å². The number of fused-ring (bicyclic) bond motifs is 2. The van der Waals surface area contributed by atoms with Crippen LogP contribution < -0.4 is 4.31 Å². The van der Waals surface area contributed by atoms with Gasteiger partial charge in [0.1, 0.15) is 0 Å². The lowest BCUT2D eigenvalue weighted by Gasteiger charge is -2.24. The van der Waals surface area contributed by atoms with Crippen LogP contribution in [0.4, 0.5) is 5.69 Å². The van der Waals surface area contributed by atoms with E-state index in [2.05, 4.69) is 4.98 Å². The molecule has 3 amide bonds. The fourth-order valence-electron chi connectivity index (χ4n) is 4.76. The summed E-state index contributed by atoms with van der Waals surface area (Å²) in [7, 11) is -4.53. The highest BCUT2D eigenvalue weighted by atomic mass is 32.2. The summed E-state index contributed by atoms with van der Waals surface area (Å²) in [4.78, 5) is 59.8. The lowest BCUT2D eigenvalue weighted by molar-refractivity contribution is -0.172. The molecule has 208 valence electrons. The number of sulfonamides is 1. The highest BCUT2D eigenvalue weighted by Gasteiger charge is 2.35. The number of benzene rings is 4. The Kier molecular flexibility index (Phi) is 6.71. The van der Waals surface area contributed by atoms with Gasteiger partial charge in [-0.15, -0.1) is 5.06 Å². The lowest BCUT2D eigenvalue weighted by Crippen LogP contribution is -2.37. The van der Waals surface area contributed by atoms with E-state index in [9.17, 15) is 27.6 Å². The lowest BCUT2D eigenvalue weighted by atomic mass is 10.0. The summed E-state index contributed by atoms with van der Waals surface area (Å²) >= 11 is 0. The van der Waals surface area contributed by atoms with Crippen molar-refractivity contribution in [3.8, 4) is 0 Å². The van der Waals surface area contributed by atoms with Crippen molar-refractivity contribution >= 4 is 61.2 Å².